The van der Waals surface area contributed by atoms with E-state index in [0.29, 0.717) is 0 Å². The highest BCUT2D eigenvalue weighted by Crippen LogP contribution is 2.43. The van der Waals surface area contributed by atoms with Gasteiger partial charge >= 0.3 is 6.09 Å². The van der Waals surface area contributed by atoms with Gasteiger partial charge in [-0.3, -0.25) is 0 Å². The smallest absolute Gasteiger partial charge is 0.407 e. The van der Waals surface area contributed by atoms with Gasteiger partial charge in [0.05, 0.1) is 0 Å². The number of nitrogens with one attached hydrogen (secondary N) is 2. The summed E-state index contributed by atoms with van der Waals surface area (Å²) >= 11 is 0. The van der Waals surface area contributed by atoms with Gasteiger partial charge in [0, 0.05) is 18.5 Å². The lowest BCUT2D eigenvalue weighted by molar-refractivity contribution is 0.0469. The lowest BCUT2D eigenvalue weighted by Crippen LogP contribution is -2.45. The Morgan fingerprint density at radius 3 is 2.94 bits per heavy atom. The molecule has 1 saturated heterocycles. The molecule has 1 amide bonds. The molecule has 4 heteroatoms. The standard InChI is InChI=1S/C14H26N2O2/c1-13(2,3)18-12(17)16-10-14-7-5-4-6-11(14)8-15-9-14/h11,15H,4-10H2,1-3H3,(H,16,17)/t11-,14+/m1/s1. The Labute approximate surface area is 110 Å². The molecular formula is C14H26N2O2. The summed E-state index contributed by atoms with van der Waals surface area (Å²) in [6.45, 7) is 8.57. The predicted octanol–water partition coefficient (Wildman–Crippen LogP) is 2.29. The number of alkyl carbamates (subject to hydrolysis) is 1. The number of fused-ring (bicyclic) bond motifs is 1. The summed E-state index contributed by atoms with van der Waals surface area (Å²) in [5, 5.41) is 6.45. The molecule has 1 aliphatic heterocycles. The third-order valence-electron chi connectivity index (χ3n) is 4.19. The van der Waals surface area contributed by atoms with Crippen LogP contribution in [0.3, 0.4) is 0 Å². The average Bonchev–Trinajstić information content (AvgIpc) is 2.68. The number of carbonyl (C=O) groups excluding carboxylic acids is 1. The van der Waals surface area contributed by atoms with Crippen molar-refractivity contribution in [2.24, 2.45) is 11.3 Å². The van der Waals surface area contributed by atoms with Crippen LogP contribution in [-0.2, 0) is 4.74 Å². The van der Waals surface area contributed by atoms with Crippen molar-refractivity contribution in [2.45, 2.75) is 52.1 Å². The van der Waals surface area contributed by atoms with E-state index in [2.05, 4.69) is 10.6 Å². The first kappa shape index (κ1) is 13.7. The van der Waals surface area contributed by atoms with Gasteiger partial charge in [-0.2, -0.15) is 0 Å². The molecule has 0 unspecified atom stereocenters. The van der Waals surface area contributed by atoms with E-state index in [1.165, 1.54) is 25.7 Å². The molecule has 2 N–H and O–H groups in total. The van der Waals surface area contributed by atoms with Crippen molar-refractivity contribution in [3.63, 3.8) is 0 Å². The van der Waals surface area contributed by atoms with E-state index < -0.39 is 5.60 Å². The van der Waals surface area contributed by atoms with E-state index in [1.807, 2.05) is 20.8 Å². The maximum Gasteiger partial charge on any atom is 0.407 e. The Bertz CT molecular complexity index is 311. The second-order valence-electron chi connectivity index (χ2n) is 6.79. The number of amides is 1. The number of ether oxygens (including phenoxy) is 1. The molecular weight excluding hydrogens is 228 g/mol. The Kier molecular flexibility index (Phi) is 3.85. The molecule has 4 nitrogen and oxygen atoms in total. The molecule has 1 aliphatic carbocycles. The minimum absolute atomic E-state index is 0.273. The Hall–Kier alpha value is -0.770. The van der Waals surface area contributed by atoms with E-state index in [9.17, 15) is 4.79 Å². The minimum atomic E-state index is -0.415. The summed E-state index contributed by atoms with van der Waals surface area (Å²) in [6.07, 6.45) is 4.85. The predicted molar refractivity (Wildman–Crippen MR) is 71.5 cm³/mol. The second-order valence-corrected chi connectivity index (χ2v) is 6.79. The summed E-state index contributed by atoms with van der Waals surface area (Å²) in [7, 11) is 0. The molecule has 0 spiro atoms. The van der Waals surface area contributed by atoms with Gasteiger partial charge in [0.1, 0.15) is 5.60 Å². The quantitative estimate of drug-likeness (QED) is 0.795. The van der Waals surface area contributed by atoms with Crippen LogP contribution in [0, 0.1) is 11.3 Å². The van der Waals surface area contributed by atoms with Crippen molar-refractivity contribution in [3.05, 3.63) is 0 Å². The van der Waals surface area contributed by atoms with E-state index >= 15 is 0 Å². The maximum atomic E-state index is 11.7. The first-order chi connectivity index (χ1) is 8.41. The topological polar surface area (TPSA) is 50.4 Å². The minimum Gasteiger partial charge on any atom is -0.444 e. The fourth-order valence-corrected chi connectivity index (χ4v) is 3.28. The first-order valence-corrected chi connectivity index (χ1v) is 7.09. The van der Waals surface area contributed by atoms with Gasteiger partial charge in [0.2, 0.25) is 0 Å². The Balaban J connectivity index is 1.86. The SMILES string of the molecule is CC(C)(C)OC(=O)NC[C@@]12CCCC[C@@H]1CNC2. The molecule has 0 radical (unpaired) electrons. The molecule has 2 fully saturated rings. The summed E-state index contributed by atoms with van der Waals surface area (Å²) in [5.74, 6) is 0.723. The van der Waals surface area contributed by atoms with Crippen molar-refractivity contribution < 1.29 is 9.53 Å². The van der Waals surface area contributed by atoms with Gasteiger partial charge in [0.15, 0.2) is 0 Å². The van der Waals surface area contributed by atoms with Gasteiger partial charge in [-0.25, -0.2) is 4.79 Å². The number of rotatable bonds is 2. The molecule has 2 atom stereocenters. The number of hydrogen-bond donors (Lipinski definition) is 2. The van der Waals surface area contributed by atoms with Crippen LogP contribution < -0.4 is 10.6 Å². The molecule has 0 aromatic heterocycles. The molecule has 104 valence electrons. The van der Waals surface area contributed by atoms with Crippen LogP contribution in [0.2, 0.25) is 0 Å². The van der Waals surface area contributed by atoms with Crippen LogP contribution in [0.1, 0.15) is 46.5 Å². The zero-order chi connectivity index (χ0) is 13.2. The van der Waals surface area contributed by atoms with Gasteiger partial charge in [0.25, 0.3) is 0 Å². The fraction of sp³-hybridized carbons (Fsp3) is 0.929. The van der Waals surface area contributed by atoms with Crippen LogP contribution >= 0.6 is 0 Å². The van der Waals surface area contributed by atoms with Crippen LogP contribution in [0.4, 0.5) is 4.79 Å². The second kappa shape index (κ2) is 5.08. The molecule has 2 aliphatic rings. The third-order valence-corrected chi connectivity index (χ3v) is 4.19. The number of hydrogen-bond acceptors (Lipinski definition) is 3. The van der Waals surface area contributed by atoms with Crippen LogP contribution in [-0.4, -0.2) is 31.3 Å². The molecule has 0 aromatic carbocycles. The van der Waals surface area contributed by atoms with Gasteiger partial charge < -0.3 is 15.4 Å². The highest BCUT2D eigenvalue weighted by atomic mass is 16.6. The summed E-state index contributed by atoms with van der Waals surface area (Å²) in [6, 6.07) is 0. The van der Waals surface area contributed by atoms with Crippen molar-refractivity contribution >= 4 is 6.09 Å². The van der Waals surface area contributed by atoms with E-state index in [0.717, 1.165) is 25.6 Å². The molecule has 1 saturated carbocycles. The van der Waals surface area contributed by atoms with Crippen molar-refractivity contribution in [2.75, 3.05) is 19.6 Å². The van der Waals surface area contributed by atoms with Crippen LogP contribution in [0.15, 0.2) is 0 Å². The third kappa shape index (κ3) is 3.16. The largest absolute Gasteiger partial charge is 0.444 e. The lowest BCUT2D eigenvalue weighted by atomic mass is 9.68. The van der Waals surface area contributed by atoms with Gasteiger partial charge in [-0.05, 0) is 46.1 Å². The molecule has 18 heavy (non-hydrogen) atoms. The average molecular weight is 254 g/mol. The van der Waals surface area contributed by atoms with Crippen LogP contribution in [0.25, 0.3) is 0 Å². The van der Waals surface area contributed by atoms with Crippen molar-refractivity contribution in [1.29, 1.82) is 0 Å². The van der Waals surface area contributed by atoms with E-state index in [4.69, 9.17) is 4.74 Å². The fourth-order valence-electron chi connectivity index (χ4n) is 3.28. The summed E-state index contributed by atoms with van der Waals surface area (Å²) < 4.78 is 5.30. The first-order valence-electron chi connectivity index (χ1n) is 7.09. The highest BCUT2D eigenvalue weighted by molar-refractivity contribution is 5.67. The zero-order valence-electron chi connectivity index (χ0n) is 11.8. The van der Waals surface area contributed by atoms with Crippen molar-refractivity contribution in [1.82, 2.24) is 10.6 Å². The normalized spacial score (nSPS) is 31.8. The lowest BCUT2D eigenvalue weighted by Gasteiger charge is -2.38. The molecule has 2 rings (SSSR count). The summed E-state index contributed by atoms with van der Waals surface area (Å²) in [5.41, 5.74) is -0.142. The summed E-state index contributed by atoms with van der Waals surface area (Å²) in [4.78, 5) is 11.7. The zero-order valence-corrected chi connectivity index (χ0v) is 11.8. The van der Waals surface area contributed by atoms with Gasteiger partial charge in [-0.1, -0.05) is 12.8 Å². The Morgan fingerprint density at radius 1 is 1.44 bits per heavy atom. The maximum absolute atomic E-state index is 11.7. The Morgan fingerprint density at radius 2 is 2.22 bits per heavy atom. The van der Waals surface area contributed by atoms with Crippen LogP contribution in [0.5, 0.6) is 0 Å². The van der Waals surface area contributed by atoms with Crippen molar-refractivity contribution in [3.8, 4) is 0 Å². The monoisotopic (exact) mass is 254 g/mol. The van der Waals surface area contributed by atoms with E-state index in [-0.39, 0.29) is 11.5 Å². The molecule has 1 heterocycles. The highest BCUT2D eigenvalue weighted by Gasteiger charge is 2.44. The van der Waals surface area contributed by atoms with E-state index in [1.54, 1.807) is 0 Å². The molecule has 0 aromatic rings. The van der Waals surface area contributed by atoms with Gasteiger partial charge in [-0.15, -0.1) is 0 Å². The molecule has 0 bridgehead atoms. The number of carbonyl (C=O) groups is 1.